The smallest absolute Gasteiger partial charge is 0.150 e. The molecular formula is C18H17ClO2. The molecule has 1 aromatic carbocycles. The zero-order chi connectivity index (χ0) is 15.1. The van der Waals surface area contributed by atoms with Gasteiger partial charge in [-0.1, -0.05) is 0 Å². The monoisotopic (exact) mass is 300 g/mol. The number of carbonyl (C=O) groups excluding carboxylic acids is 2. The molecule has 0 N–H and O–H groups in total. The first kappa shape index (κ1) is 14.4. The van der Waals surface area contributed by atoms with Crippen LogP contribution in [-0.2, 0) is 9.59 Å². The van der Waals surface area contributed by atoms with Gasteiger partial charge >= 0.3 is 0 Å². The predicted molar refractivity (Wildman–Crippen MR) is 82.2 cm³/mol. The van der Waals surface area contributed by atoms with Crippen molar-refractivity contribution in [1.29, 1.82) is 0 Å². The van der Waals surface area contributed by atoms with Crippen molar-refractivity contribution in [2.45, 2.75) is 39.0 Å². The van der Waals surface area contributed by atoms with Crippen molar-refractivity contribution in [3.8, 4) is 11.3 Å². The summed E-state index contributed by atoms with van der Waals surface area (Å²) in [5, 5.41) is 2.37. The van der Waals surface area contributed by atoms with E-state index in [1.165, 1.54) is 0 Å². The molecule has 2 fully saturated rings. The molecule has 2 bridgehead atoms. The van der Waals surface area contributed by atoms with Gasteiger partial charge in [-0.25, -0.2) is 0 Å². The largest absolute Gasteiger partial charge is 0.298 e. The molecule has 0 heterocycles. The summed E-state index contributed by atoms with van der Waals surface area (Å²) >= 11 is 5.45. The second kappa shape index (κ2) is 5.31. The molecule has 0 spiro atoms. The number of halogens is 1. The highest BCUT2D eigenvalue weighted by Crippen LogP contribution is 2.45. The average Bonchev–Trinajstić information content (AvgIpc) is 2.87. The van der Waals surface area contributed by atoms with Gasteiger partial charge in [-0.2, -0.15) is 0 Å². The molecule has 3 rings (SSSR count). The van der Waals surface area contributed by atoms with Crippen LogP contribution in [0.25, 0.3) is 0 Å². The van der Waals surface area contributed by atoms with Gasteiger partial charge in [-0.15, -0.1) is 0 Å². The molecule has 0 saturated heterocycles. The van der Waals surface area contributed by atoms with E-state index >= 15 is 0 Å². The normalized spacial score (nSPS) is 27.5. The molecule has 0 aromatic heterocycles. The summed E-state index contributed by atoms with van der Waals surface area (Å²) in [4.78, 5) is 25.3. The third-order valence-corrected chi connectivity index (χ3v) is 4.97. The number of hydrogen-bond acceptors (Lipinski definition) is 2. The van der Waals surface area contributed by atoms with Gasteiger partial charge in [0.05, 0.1) is 0 Å². The predicted octanol–water partition coefficient (Wildman–Crippen LogP) is 3.50. The first-order chi connectivity index (χ1) is 10.0. The van der Waals surface area contributed by atoms with Crippen LogP contribution in [-0.4, -0.2) is 11.6 Å². The summed E-state index contributed by atoms with van der Waals surface area (Å²) in [7, 11) is 0. The highest BCUT2D eigenvalue weighted by molar-refractivity contribution is 6.30. The molecule has 2 unspecified atom stereocenters. The molecule has 108 valence electrons. The Balaban J connectivity index is 2.09. The molecule has 21 heavy (non-hydrogen) atoms. The SMILES string of the molecule is Cc1cc(C#CCl)cc(C)c1C1C(=O)C2CC[C@H](C2)C1=O. The fourth-order valence-electron chi connectivity index (χ4n) is 3.95. The Morgan fingerprint density at radius 1 is 1.05 bits per heavy atom. The van der Waals surface area contributed by atoms with E-state index in [4.69, 9.17) is 11.6 Å². The lowest BCUT2D eigenvalue weighted by Gasteiger charge is -2.28. The number of hydrogen-bond donors (Lipinski definition) is 0. The van der Waals surface area contributed by atoms with E-state index in [1.54, 1.807) is 0 Å². The Kier molecular flexibility index (Phi) is 3.63. The summed E-state index contributed by atoms with van der Waals surface area (Å²) in [5.74, 6) is 2.66. The highest BCUT2D eigenvalue weighted by Gasteiger charge is 2.48. The van der Waals surface area contributed by atoms with Crippen molar-refractivity contribution in [3.63, 3.8) is 0 Å². The third-order valence-electron chi connectivity index (χ3n) is 4.88. The molecule has 2 aliphatic rings. The van der Waals surface area contributed by atoms with E-state index < -0.39 is 5.92 Å². The van der Waals surface area contributed by atoms with E-state index in [-0.39, 0.29) is 23.4 Å². The van der Waals surface area contributed by atoms with Crippen molar-refractivity contribution >= 4 is 23.2 Å². The van der Waals surface area contributed by atoms with Crippen molar-refractivity contribution in [3.05, 3.63) is 34.4 Å². The fraction of sp³-hybridized carbons (Fsp3) is 0.444. The van der Waals surface area contributed by atoms with E-state index in [0.717, 1.165) is 41.5 Å². The summed E-state index contributed by atoms with van der Waals surface area (Å²) in [6.45, 7) is 3.89. The molecule has 3 heteroatoms. The lowest BCUT2D eigenvalue weighted by atomic mass is 9.73. The van der Waals surface area contributed by atoms with Crippen LogP contribution in [0.2, 0.25) is 0 Å². The van der Waals surface area contributed by atoms with Crippen LogP contribution in [0.15, 0.2) is 12.1 Å². The van der Waals surface area contributed by atoms with E-state index in [1.807, 2.05) is 26.0 Å². The van der Waals surface area contributed by atoms with Crippen LogP contribution < -0.4 is 0 Å². The number of fused-ring (bicyclic) bond motifs is 2. The van der Waals surface area contributed by atoms with Gasteiger partial charge in [0.2, 0.25) is 0 Å². The first-order valence-corrected chi connectivity index (χ1v) is 7.71. The van der Waals surface area contributed by atoms with Gasteiger partial charge in [-0.05, 0) is 79.5 Å². The number of Topliss-reactive ketones (excluding diaryl/α,β-unsaturated/α-hetero) is 2. The Hall–Kier alpha value is -1.59. The maximum Gasteiger partial charge on any atom is 0.150 e. The zero-order valence-corrected chi connectivity index (χ0v) is 13.0. The third kappa shape index (κ3) is 2.30. The second-order valence-corrected chi connectivity index (χ2v) is 6.38. The molecule has 2 aliphatic carbocycles. The quantitative estimate of drug-likeness (QED) is 0.587. The van der Waals surface area contributed by atoms with Gasteiger partial charge in [0.25, 0.3) is 0 Å². The lowest BCUT2D eigenvalue weighted by molar-refractivity contribution is -0.135. The van der Waals surface area contributed by atoms with Gasteiger partial charge in [0.1, 0.15) is 5.92 Å². The second-order valence-electron chi connectivity index (χ2n) is 6.19. The molecule has 2 nitrogen and oxygen atoms in total. The lowest BCUT2D eigenvalue weighted by Crippen LogP contribution is -2.35. The minimum absolute atomic E-state index is 0.0822. The van der Waals surface area contributed by atoms with Gasteiger partial charge in [-0.3, -0.25) is 9.59 Å². The topological polar surface area (TPSA) is 34.1 Å². The number of rotatable bonds is 1. The fourth-order valence-corrected chi connectivity index (χ4v) is 4.06. The van der Waals surface area contributed by atoms with Crippen LogP contribution in [0.4, 0.5) is 0 Å². The molecule has 2 saturated carbocycles. The number of aryl methyl sites for hydroxylation is 2. The van der Waals surface area contributed by atoms with Crippen LogP contribution in [0, 0.1) is 37.0 Å². The zero-order valence-electron chi connectivity index (χ0n) is 12.2. The summed E-state index contributed by atoms with van der Waals surface area (Å²) in [5.41, 5.74) is 3.62. The number of benzene rings is 1. The van der Waals surface area contributed by atoms with E-state index in [0.29, 0.717) is 0 Å². The average molecular weight is 301 g/mol. The maximum atomic E-state index is 12.6. The Morgan fingerprint density at radius 2 is 1.57 bits per heavy atom. The summed E-state index contributed by atoms with van der Waals surface area (Å²) in [6, 6.07) is 3.82. The molecule has 1 aromatic rings. The summed E-state index contributed by atoms with van der Waals surface area (Å²) in [6.07, 6.45) is 2.52. The van der Waals surface area contributed by atoms with Crippen LogP contribution in [0.3, 0.4) is 0 Å². The van der Waals surface area contributed by atoms with Crippen molar-refractivity contribution < 1.29 is 9.59 Å². The highest BCUT2D eigenvalue weighted by atomic mass is 35.5. The van der Waals surface area contributed by atoms with Crippen molar-refractivity contribution in [2.75, 3.05) is 0 Å². The van der Waals surface area contributed by atoms with Crippen molar-refractivity contribution in [2.24, 2.45) is 11.8 Å². The van der Waals surface area contributed by atoms with Crippen molar-refractivity contribution in [1.82, 2.24) is 0 Å². The number of carbonyl (C=O) groups is 2. The van der Waals surface area contributed by atoms with Crippen LogP contribution in [0.1, 0.15) is 47.4 Å². The van der Waals surface area contributed by atoms with Gasteiger partial charge < -0.3 is 0 Å². The Morgan fingerprint density at radius 3 is 2.05 bits per heavy atom. The molecule has 0 radical (unpaired) electrons. The van der Waals surface area contributed by atoms with Crippen LogP contribution >= 0.6 is 11.6 Å². The van der Waals surface area contributed by atoms with Gasteiger partial charge in [0.15, 0.2) is 11.6 Å². The molecular weight excluding hydrogens is 284 g/mol. The van der Waals surface area contributed by atoms with E-state index in [2.05, 4.69) is 11.3 Å². The Labute approximate surface area is 129 Å². The molecule has 3 atom stereocenters. The first-order valence-electron chi connectivity index (χ1n) is 7.33. The maximum absolute atomic E-state index is 12.6. The standard InChI is InChI=1S/C18H17ClO2/c1-10-7-12(5-6-19)8-11(2)15(10)16-17(20)13-3-4-14(9-13)18(16)21/h7-8,13-14,16H,3-4,9H2,1-2H3/t13-,14?,16?/m1/s1. The van der Waals surface area contributed by atoms with E-state index in [9.17, 15) is 9.59 Å². The van der Waals surface area contributed by atoms with Crippen LogP contribution in [0.5, 0.6) is 0 Å². The summed E-state index contributed by atoms with van der Waals surface area (Å²) < 4.78 is 0. The molecule has 0 aliphatic heterocycles. The minimum Gasteiger partial charge on any atom is -0.298 e. The Bertz CT molecular complexity index is 648. The molecule has 0 amide bonds. The number of ketones is 2. The minimum atomic E-state index is -0.561. The van der Waals surface area contributed by atoms with Gasteiger partial charge in [0, 0.05) is 22.8 Å².